The fraction of sp³-hybridized carbons (Fsp3) is 0.550. The van der Waals surface area contributed by atoms with Crippen molar-refractivity contribution < 1.29 is 13.9 Å². The van der Waals surface area contributed by atoms with E-state index in [2.05, 4.69) is 9.97 Å². The highest BCUT2D eigenvalue weighted by Crippen LogP contribution is 2.36. The first-order valence-electron chi connectivity index (χ1n) is 9.58. The Balaban J connectivity index is 1.61. The fourth-order valence-corrected chi connectivity index (χ4v) is 4.19. The topological polar surface area (TPSA) is 68.5 Å². The smallest absolute Gasteiger partial charge is 0.248 e. The molecule has 28 heavy (non-hydrogen) atoms. The minimum Gasteiger partial charge on any atom is -0.437 e. The first-order chi connectivity index (χ1) is 13.6. The molecule has 2 aromatic heterocycles. The SMILES string of the molecule is CC(C)OCC(=O)N1CCCC(c2ncoc2Sc2ccc(CCl)cn2)CC1. The maximum absolute atomic E-state index is 12.4. The van der Waals surface area contributed by atoms with E-state index in [4.69, 9.17) is 20.8 Å². The summed E-state index contributed by atoms with van der Waals surface area (Å²) < 4.78 is 11.1. The van der Waals surface area contributed by atoms with Crippen molar-refractivity contribution in [3.8, 4) is 0 Å². The minimum absolute atomic E-state index is 0.0607. The number of likely N-dealkylation sites (tertiary alicyclic amines) is 1. The molecule has 1 saturated heterocycles. The third-order valence-electron chi connectivity index (χ3n) is 4.72. The van der Waals surface area contributed by atoms with Gasteiger partial charge in [0, 0.05) is 31.1 Å². The van der Waals surface area contributed by atoms with E-state index in [1.807, 2.05) is 30.9 Å². The Bertz CT molecular complexity index is 766. The van der Waals surface area contributed by atoms with Gasteiger partial charge in [-0.3, -0.25) is 4.79 Å². The van der Waals surface area contributed by atoms with Crippen LogP contribution in [0.1, 0.15) is 50.3 Å². The van der Waals surface area contributed by atoms with E-state index in [1.54, 1.807) is 6.20 Å². The van der Waals surface area contributed by atoms with Crippen LogP contribution in [-0.4, -0.2) is 46.6 Å². The Morgan fingerprint density at radius 1 is 1.36 bits per heavy atom. The molecule has 0 radical (unpaired) electrons. The first kappa shape index (κ1) is 21.1. The molecule has 3 heterocycles. The molecule has 1 aliphatic rings. The number of carbonyl (C=O) groups is 1. The Hall–Kier alpha value is -1.57. The number of aromatic nitrogens is 2. The van der Waals surface area contributed by atoms with Crippen LogP contribution in [-0.2, 0) is 15.4 Å². The molecule has 152 valence electrons. The maximum Gasteiger partial charge on any atom is 0.248 e. The number of halogens is 1. The van der Waals surface area contributed by atoms with Crippen molar-refractivity contribution in [2.24, 2.45) is 0 Å². The summed E-state index contributed by atoms with van der Waals surface area (Å²) in [7, 11) is 0. The number of ether oxygens (including phenoxy) is 1. The number of rotatable bonds is 7. The van der Waals surface area contributed by atoms with Crippen molar-refractivity contribution in [2.45, 2.75) is 61.1 Å². The van der Waals surface area contributed by atoms with Crippen molar-refractivity contribution in [1.29, 1.82) is 0 Å². The van der Waals surface area contributed by atoms with Gasteiger partial charge in [0.05, 0.1) is 11.8 Å². The molecule has 8 heteroatoms. The number of nitrogens with zero attached hydrogens (tertiary/aromatic N) is 3. The van der Waals surface area contributed by atoms with Gasteiger partial charge in [0.25, 0.3) is 0 Å². The van der Waals surface area contributed by atoms with Gasteiger partial charge in [-0.1, -0.05) is 6.07 Å². The van der Waals surface area contributed by atoms with Crippen LogP contribution in [0.5, 0.6) is 0 Å². The molecule has 2 aromatic rings. The van der Waals surface area contributed by atoms with Crippen molar-refractivity contribution in [2.75, 3.05) is 19.7 Å². The zero-order chi connectivity index (χ0) is 19.9. The summed E-state index contributed by atoms with van der Waals surface area (Å²) in [6, 6.07) is 3.91. The molecule has 0 bridgehead atoms. The predicted molar refractivity (Wildman–Crippen MR) is 109 cm³/mol. The predicted octanol–water partition coefficient (Wildman–Crippen LogP) is 4.48. The van der Waals surface area contributed by atoms with E-state index in [9.17, 15) is 4.79 Å². The van der Waals surface area contributed by atoms with Gasteiger partial charge >= 0.3 is 0 Å². The average molecular weight is 424 g/mol. The van der Waals surface area contributed by atoms with Gasteiger partial charge in [0.2, 0.25) is 5.91 Å². The molecule has 3 rings (SSSR count). The molecular weight excluding hydrogens is 398 g/mol. The molecule has 1 aliphatic heterocycles. The van der Waals surface area contributed by atoms with Crippen LogP contribution < -0.4 is 0 Å². The summed E-state index contributed by atoms with van der Waals surface area (Å²) >= 11 is 7.30. The zero-order valence-electron chi connectivity index (χ0n) is 16.3. The van der Waals surface area contributed by atoms with Crippen LogP contribution >= 0.6 is 23.4 Å². The van der Waals surface area contributed by atoms with E-state index in [1.165, 1.54) is 18.2 Å². The normalized spacial score (nSPS) is 17.7. The molecule has 1 unspecified atom stereocenters. The van der Waals surface area contributed by atoms with Gasteiger partial charge in [0.1, 0.15) is 11.6 Å². The second-order valence-electron chi connectivity index (χ2n) is 7.13. The highest BCUT2D eigenvalue weighted by molar-refractivity contribution is 7.99. The maximum atomic E-state index is 12.4. The number of alkyl halides is 1. The largest absolute Gasteiger partial charge is 0.437 e. The zero-order valence-corrected chi connectivity index (χ0v) is 17.8. The van der Waals surface area contributed by atoms with Gasteiger partial charge in [-0.2, -0.15) is 0 Å². The molecule has 1 amide bonds. The van der Waals surface area contributed by atoms with E-state index >= 15 is 0 Å². The lowest BCUT2D eigenvalue weighted by Crippen LogP contribution is -2.35. The van der Waals surface area contributed by atoms with Gasteiger partial charge in [-0.15, -0.1) is 11.6 Å². The lowest BCUT2D eigenvalue weighted by molar-refractivity contribution is -0.137. The van der Waals surface area contributed by atoms with Crippen molar-refractivity contribution >= 4 is 29.3 Å². The number of amides is 1. The third kappa shape index (κ3) is 5.72. The van der Waals surface area contributed by atoms with Crippen LogP contribution in [0.4, 0.5) is 0 Å². The molecule has 0 spiro atoms. The number of pyridine rings is 1. The molecule has 0 N–H and O–H groups in total. The number of hydrogen-bond donors (Lipinski definition) is 0. The monoisotopic (exact) mass is 423 g/mol. The molecule has 0 saturated carbocycles. The molecular formula is C20H26ClN3O3S. The summed E-state index contributed by atoms with van der Waals surface area (Å²) in [6.45, 7) is 5.50. The third-order valence-corrected chi connectivity index (χ3v) is 5.97. The van der Waals surface area contributed by atoms with Gasteiger partial charge < -0.3 is 14.1 Å². The minimum atomic E-state index is 0.0607. The summed E-state index contributed by atoms with van der Waals surface area (Å²) in [5.74, 6) is 0.783. The Morgan fingerprint density at radius 3 is 2.93 bits per heavy atom. The van der Waals surface area contributed by atoms with Crippen LogP contribution in [0.2, 0.25) is 0 Å². The van der Waals surface area contributed by atoms with Gasteiger partial charge in [-0.05, 0) is 56.5 Å². The summed E-state index contributed by atoms with van der Waals surface area (Å²) in [5.41, 5.74) is 1.94. The second kappa shape index (κ2) is 10.3. The van der Waals surface area contributed by atoms with Crippen molar-refractivity contribution in [3.63, 3.8) is 0 Å². The van der Waals surface area contributed by atoms with Gasteiger partial charge in [0.15, 0.2) is 11.5 Å². The van der Waals surface area contributed by atoms with Crippen molar-refractivity contribution in [3.05, 3.63) is 36.0 Å². The van der Waals surface area contributed by atoms with Crippen LogP contribution in [0, 0.1) is 0 Å². The number of carbonyl (C=O) groups excluding carboxylic acids is 1. The lowest BCUT2D eigenvalue weighted by Gasteiger charge is -2.21. The number of hydrogen-bond acceptors (Lipinski definition) is 6. The van der Waals surface area contributed by atoms with Gasteiger partial charge in [-0.25, -0.2) is 9.97 Å². The highest BCUT2D eigenvalue weighted by Gasteiger charge is 2.26. The quantitative estimate of drug-likeness (QED) is 0.611. The summed E-state index contributed by atoms with van der Waals surface area (Å²) in [6.07, 6.45) is 6.12. The van der Waals surface area contributed by atoms with E-state index in [-0.39, 0.29) is 24.5 Å². The first-order valence-corrected chi connectivity index (χ1v) is 10.9. The van der Waals surface area contributed by atoms with Crippen LogP contribution in [0.25, 0.3) is 0 Å². The summed E-state index contributed by atoms with van der Waals surface area (Å²) in [4.78, 5) is 23.2. The highest BCUT2D eigenvalue weighted by atomic mass is 35.5. The fourth-order valence-electron chi connectivity index (χ4n) is 3.19. The van der Waals surface area contributed by atoms with Crippen molar-refractivity contribution in [1.82, 2.24) is 14.9 Å². The Labute approximate surface area is 175 Å². The number of oxazole rings is 1. The second-order valence-corrected chi connectivity index (χ2v) is 8.39. The molecule has 0 aromatic carbocycles. The molecule has 1 fully saturated rings. The molecule has 0 aliphatic carbocycles. The van der Waals surface area contributed by atoms with Crippen LogP contribution in [0.3, 0.4) is 0 Å². The lowest BCUT2D eigenvalue weighted by atomic mass is 9.98. The Morgan fingerprint density at radius 2 is 2.21 bits per heavy atom. The van der Waals surface area contributed by atoms with E-state index in [0.29, 0.717) is 12.4 Å². The molecule has 1 atom stereocenters. The average Bonchev–Trinajstić information content (AvgIpc) is 3.01. The summed E-state index contributed by atoms with van der Waals surface area (Å²) in [5, 5.41) is 1.63. The van der Waals surface area contributed by atoms with E-state index < -0.39 is 0 Å². The Kier molecular flexibility index (Phi) is 7.76. The van der Waals surface area contributed by atoms with E-state index in [0.717, 1.165) is 47.2 Å². The van der Waals surface area contributed by atoms with Crippen LogP contribution in [0.15, 0.2) is 39.3 Å². The molecule has 6 nitrogen and oxygen atoms in total. The standard InChI is InChI=1S/C20H26ClN3O3S/c1-14(2)26-12-18(25)24-8-3-4-16(7-9-24)19-20(27-13-23-19)28-17-6-5-15(10-21)11-22-17/h5-6,11,13-14,16H,3-4,7-10,12H2,1-2H3.